The number of nitriles is 1. The number of fused-ring (bicyclic) bond motifs is 3. The highest BCUT2D eigenvalue weighted by Gasteiger charge is 2.41. The van der Waals surface area contributed by atoms with Crippen molar-refractivity contribution in [2.75, 3.05) is 36.5 Å². The van der Waals surface area contributed by atoms with Gasteiger partial charge in [0.25, 0.3) is 5.91 Å². The molecule has 110 valence electrons. The van der Waals surface area contributed by atoms with Crippen LogP contribution in [0.25, 0.3) is 0 Å². The van der Waals surface area contributed by atoms with Gasteiger partial charge in [-0.15, -0.1) is 0 Å². The zero-order valence-corrected chi connectivity index (χ0v) is 12.6. The fourth-order valence-electron chi connectivity index (χ4n) is 3.06. The van der Waals surface area contributed by atoms with E-state index in [2.05, 4.69) is 34.7 Å². The molecule has 0 spiro atoms. The molecule has 0 aliphatic carbocycles. The van der Waals surface area contributed by atoms with E-state index in [0.717, 1.165) is 31.1 Å². The van der Waals surface area contributed by atoms with Crippen molar-refractivity contribution in [1.82, 2.24) is 9.88 Å². The highest BCUT2D eigenvalue weighted by Crippen LogP contribution is 2.35. The standard InChI is InChI=1S/C15H19N5O/c1-10(2)19-4-5-20-13(9-19)15(21)18(3)12-6-11(7-16)8-17-14(12)20/h6,8,10,13H,4-5,9H2,1-3H3/t13-/m0/s1. The van der Waals surface area contributed by atoms with Crippen LogP contribution in [0.5, 0.6) is 0 Å². The van der Waals surface area contributed by atoms with Crippen LogP contribution in [-0.4, -0.2) is 54.6 Å². The van der Waals surface area contributed by atoms with Crippen LogP contribution in [0.2, 0.25) is 0 Å². The molecule has 0 unspecified atom stereocenters. The monoisotopic (exact) mass is 285 g/mol. The number of aromatic nitrogens is 1. The van der Waals surface area contributed by atoms with Crippen molar-refractivity contribution in [1.29, 1.82) is 5.26 Å². The SMILES string of the molecule is CC(C)N1CCN2c3ncc(C#N)cc3N(C)C(=O)[C@@H]2C1. The van der Waals surface area contributed by atoms with Crippen molar-refractivity contribution in [2.24, 2.45) is 0 Å². The number of anilines is 2. The summed E-state index contributed by atoms with van der Waals surface area (Å²) in [6.07, 6.45) is 1.58. The minimum absolute atomic E-state index is 0.0738. The zero-order valence-electron chi connectivity index (χ0n) is 12.6. The number of pyridine rings is 1. The Labute approximate surface area is 124 Å². The molecule has 0 radical (unpaired) electrons. The van der Waals surface area contributed by atoms with Gasteiger partial charge in [-0.3, -0.25) is 9.69 Å². The van der Waals surface area contributed by atoms with Gasteiger partial charge in [-0.1, -0.05) is 0 Å². The van der Waals surface area contributed by atoms with E-state index in [1.54, 1.807) is 24.2 Å². The van der Waals surface area contributed by atoms with Crippen molar-refractivity contribution < 1.29 is 4.79 Å². The number of nitrogens with zero attached hydrogens (tertiary/aromatic N) is 5. The van der Waals surface area contributed by atoms with E-state index in [-0.39, 0.29) is 11.9 Å². The molecular formula is C15H19N5O. The second-order valence-corrected chi connectivity index (χ2v) is 5.87. The Hall–Kier alpha value is -2.13. The molecule has 1 saturated heterocycles. The molecule has 1 amide bonds. The lowest BCUT2D eigenvalue weighted by atomic mass is 10.0. The number of carbonyl (C=O) groups is 1. The number of piperazine rings is 1. The Morgan fingerprint density at radius 3 is 2.86 bits per heavy atom. The summed E-state index contributed by atoms with van der Waals surface area (Å²) in [5, 5.41) is 9.01. The molecule has 0 saturated carbocycles. The van der Waals surface area contributed by atoms with Crippen LogP contribution in [-0.2, 0) is 4.79 Å². The second kappa shape index (κ2) is 5.01. The van der Waals surface area contributed by atoms with E-state index in [4.69, 9.17) is 5.26 Å². The first-order valence-corrected chi connectivity index (χ1v) is 7.21. The third kappa shape index (κ3) is 2.14. The summed E-state index contributed by atoms with van der Waals surface area (Å²) in [5.74, 6) is 0.884. The number of likely N-dealkylation sites (N-methyl/N-ethyl adjacent to an activating group) is 1. The van der Waals surface area contributed by atoms with E-state index in [0.29, 0.717) is 11.6 Å². The number of carbonyl (C=O) groups excluding carboxylic acids is 1. The molecule has 21 heavy (non-hydrogen) atoms. The maximum Gasteiger partial charge on any atom is 0.250 e. The maximum atomic E-state index is 12.6. The lowest BCUT2D eigenvalue weighted by molar-refractivity contribution is -0.121. The summed E-state index contributed by atoms with van der Waals surface area (Å²) < 4.78 is 0. The number of rotatable bonds is 1. The molecule has 3 rings (SSSR count). The molecule has 0 bridgehead atoms. The van der Waals surface area contributed by atoms with Crippen LogP contribution in [0.4, 0.5) is 11.5 Å². The summed E-state index contributed by atoms with van der Waals surface area (Å²) in [4.78, 5) is 23.1. The van der Waals surface area contributed by atoms with Gasteiger partial charge in [-0.2, -0.15) is 5.26 Å². The molecule has 6 heteroatoms. The fraction of sp³-hybridized carbons (Fsp3) is 0.533. The first kappa shape index (κ1) is 13.8. The van der Waals surface area contributed by atoms with E-state index < -0.39 is 0 Å². The quantitative estimate of drug-likeness (QED) is 0.764. The Kier molecular flexibility index (Phi) is 3.30. The molecule has 2 aliphatic rings. The summed E-state index contributed by atoms with van der Waals surface area (Å²) in [5.41, 5.74) is 1.21. The molecule has 3 heterocycles. The van der Waals surface area contributed by atoms with Crippen molar-refractivity contribution >= 4 is 17.4 Å². The van der Waals surface area contributed by atoms with Crippen molar-refractivity contribution in [3.8, 4) is 6.07 Å². The van der Waals surface area contributed by atoms with E-state index in [1.165, 1.54) is 0 Å². The predicted octanol–water partition coefficient (Wildman–Crippen LogP) is 0.829. The van der Waals surface area contributed by atoms with Crippen LogP contribution in [0.3, 0.4) is 0 Å². The van der Waals surface area contributed by atoms with Gasteiger partial charge in [0.15, 0.2) is 5.82 Å². The largest absolute Gasteiger partial charge is 0.340 e. The summed E-state index contributed by atoms with van der Waals surface area (Å²) >= 11 is 0. The normalized spacial score (nSPS) is 22.0. The molecule has 0 N–H and O–H groups in total. The van der Waals surface area contributed by atoms with Gasteiger partial charge in [0.05, 0.1) is 11.3 Å². The topological polar surface area (TPSA) is 63.5 Å². The third-order valence-corrected chi connectivity index (χ3v) is 4.37. The molecule has 1 aromatic rings. The average molecular weight is 285 g/mol. The van der Waals surface area contributed by atoms with Crippen molar-refractivity contribution in [3.63, 3.8) is 0 Å². The van der Waals surface area contributed by atoms with Gasteiger partial charge >= 0.3 is 0 Å². The van der Waals surface area contributed by atoms with Gasteiger partial charge in [0.2, 0.25) is 0 Å². The van der Waals surface area contributed by atoms with E-state index in [1.807, 2.05) is 0 Å². The first-order valence-electron chi connectivity index (χ1n) is 7.21. The van der Waals surface area contributed by atoms with Crippen LogP contribution in [0.15, 0.2) is 12.3 Å². The van der Waals surface area contributed by atoms with Crippen LogP contribution < -0.4 is 9.80 Å². The van der Waals surface area contributed by atoms with Gasteiger partial charge in [-0.05, 0) is 19.9 Å². The Balaban J connectivity index is 2.00. The van der Waals surface area contributed by atoms with Crippen molar-refractivity contribution in [3.05, 3.63) is 17.8 Å². The number of hydrogen-bond donors (Lipinski definition) is 0. The maximum absolute atomic E-state index is 12.6. The molecule has 6 nitrogen and oxygen atoms in total. The summed E-state index contributed by atoms with van der Waals surface area (Å²) in [7, 11) is 1.76. The average Bonchev–Trinajstić information content (AvgIpc) is 2.51. The van der Waals surface area contributed by atoms with E-state index in [9.17, 15) is 4.79 Å². The van der Waals surface area contributed by atoms with Gasteiger partial charge < -0.3 is 9.80 Å². The highest BCUT2D eigenvalue weighted by molar-refractivity contribution is 6.04. The lowest BCUT2D eigenvalue weighted by Crippen LogP contribution is -2.63. The van der Waals surface area contributed by atoms with E-state index >= 15 is 0 Å². The van der Waals surface area contributed by atoms with Crippen LogP contribution >= 0.6 is 0 Å². The lowest BCUT2D eigenvalue weighted by Gasteiger charge is -2.47. The molecule has 0 aromatic carbocycles. The molecule has 2 aliphatic heterocycles. The van der Waals surface area contributed by atoms with Gasteiger partial charge in [0, 0.05) is 38.9 Å². The van der Waals surface area contributed by atoms with Crippen LogP contribution in [0.1, 0.15) is 19.4 Å². The highest BCUT2D eigenvalue weighted by atomic mass is 16.2. The Bertz CT molecular complexity index is 621. The molecule has 1 atom stereocenters. The smallest absolute Gasteiger partial charge is 0.250 e. The predicted molar refractivity (Wildman–Crippen MR) is 80.2 cm³/mol. The van der Waals surface area contributed by atoms with Crippen molar-refractivity contribution in [2.45, 2.75) is 25.9 Å². The summed E-state index contributed by atoms with van der Waals surface area (Å²) in [6, 6.07) is 4.07. The third-order valence-electron chi connectivity index (χ3n) is 4.37. The number of hydrogen-bond acceptors (Lipinski definition) is 5. The molecular weight excluding hydrogens is 266 g/mol. The molecule has 1 fully saturated rings. The number of amides is 1. The first-order chi connectivity index (χ1) is 10.0. The zero-order chi connectivity index (χ0) is 15.1. The minimum atomic E-state index is -0.181. The summed E-state index contributed by atoms with van der Waals surface area (Å²) in [6.45, 7) is 6.73. The minimum Gasteiger partial charge on any atom is -0.340 e. The Morgan fingerprint density at radius 1 is 1.43 bits per heavy atom. The Morgan fingerprint density at radius 2 is 2.19 bits per heavy atom. The van der Waals surface area contributed by atoms with Gasteiger partial charge in [-0.25, -0.2) is 4.98 Å². The second-order valence-electron chi connectivity index (χ2n) is 5.87. The fourth-order valence-corrected chi connectivity index (χ4v) is 3.06. The molecule has 1 aromatic heterocycles. The van der Waals surface area contributed by atoms with Gasteiger partial charge in [0.1, 0.15) is 12.1 Å². The van der Waals surface area contributed by atoms with Crippen LogP contribution in [0, 0.1) is 11.3 Å².